The van der Waals surface area contributed by atoms with E-state index in [-0.39, 0.29) is 5.78 Å². The van der Waals surface area contributed by atoms with Crippen molar-refractivity contribution in [3.05, 3.63) is 258 Å². The van der Waals surface area contributed by atoms with Crippen LogP contribution in [0.1, 0.15) is 38.2 Å². The Bertz CT molecular complexity index is 2810. The number of fused-ring (bicyclic) bond motifs is 8. The zero-order chi connectivity index (χ0) is 38.6. The van der Waals surface area contributed by atoms with E-state index in [4.69, 9.17) is 0 Å². The van der Waals surface area contributed by atoms with E-state index in [1.165, 1.54) is 0 Å². The van der Waals surface area contributed by atoms with Crippen molar-refractivity contribution >= 4 is 22.8 Å². The van der Waals surface area contributed by atoms with E-state index in [0.717, 1.165) is 95.0 Å². The van der Waals surface area contributed by atoms with E-state index in [1.54, 1.807) is 0 Å². The molecule has 0 fully saturated rings. The van der Waals surface area contributed by atoms with Gasteiger partial charge in [0.2, 0.25) is 0 Å². The van der Waals surface area contributed by atoms with Gasteiger partial charge in [-0.25, -0.2) is 0 Å². The highest BCUT2D eigenvalue weighted by Gasteiger charge is 2.52. The lowest BCUT2D eigenvalue weighted by Gasteiger charge is -2.49. The van der Waals surface area contributed by atoms with Gasteiger partial charge < -0.3 is 4.90 Å². The van der Waals surface area contributed by atoms with Crippen LogP contribution in [0.4, 0.5) is 17.1 Å². The van der Waals surface area contributed by atoms with Gasteiger partial charge in [0.05, 0.1) is 16.8 Å². The zero-order valence-electron chi connectivity index (χ0n) is 31.7. The SMILES string of the molecule is O=C1c2ccccc2C2(c3ccccc31)c1cc(-c3ccccc3)ccc1N(c1cc(-c3ccccc3)cc(-c3ccccc3)c1)c1ccc(-c3ccccc3)cc12. The monoisotopic (exact) mass is 739 g/mol. The summed E-state index contributed by atoms with van der Waals surface area (Å²) in [5.41, 5.74) is 17.2. The number of rotatable bonds is 5. The second kappa shape index (κ2) is 13.6. The maximum absolute atomic E-state index is 14.6. The minimum atomic E-state index is -0.822. The molecule has 0 aromatic heterocycles. The quantitative estimate of drug-likeness (QED) is 0.175. The van der Waals surface area contributed by atoms with E-state index >= 15 is 0 Å². The molecule has 9 aromatic carbocycles. The van der Waals surface area contributed by atoms with Crippen LogP contribution in [0.5, 0.6) is 0 Å². The molecular weight excluding hydrogens is 703 g/mol. The Balaban J connectivity index is 1.29. The molecule has 2 heteroatoms. The van der Waals surface area contributed by atoms with Crippen LogP contribution in [0.25, 0.3) is 44.5 Å². The van der Waals surface area contributed by atoms with Crippen molar-refractivity contribution in [1.29, 1.82) is 0 Å². The number of benzene rings is 9. The van der Waals surface area contributed by atoms with Crippen LogP contribution in [-0.2, 0) is 5.41 Å². The van der Waals surface area contributed by atoms with Gasteiger partial charge in [-0.3, -0.25) is 4.79 Å². The molecule has 2 aliphatic rings. The minimum Gasteiger partial charge on any atom is -0.310 e. The topological polar surface area (TPSA) is 20.3 Å². The molecule has 2 nitrogen and oxygen atoms in total. The van der Waals surface area contributed by atoms with Gasteiger partial charge in [-0.05, 0) is 109 Å². The number of ketones is 1. The summed E-state index contributed by atoms with van der Waals surface area (Å²) in [5, 5.41) is 0. The summed E-state index contributed by atoms with van der Waals surface area (Å²) in [7, 11) is 0. The molecule has 0 bridgehead atoms. The molecule has 58 heavy (non-hydrogen) atoms. The fraction of sp³-hybridized carbons (Fsp3) is 0.0179. The normalized spacial score (nSPS) is 13.3. The summed E-state index contributed by atoms with van der Waals surface area (Å²) in [6, 6.07) is 80.0. The first-order chi connectivity index (χ1) is 28.7. The maximum atomic E-state index is 14.6. The maximum Gasteiger partial charge on any atom is 0.193 e. The average molecular weight is 740 g/mol. The number of anilines is 3. The third-order valence-electron chi connectivity index (χ3n) is 12.0. The standard InChI is InChI=1S/C56H37NO/c58-55-47-25-13-15-27-49(47)56(50-28-16-14-26-48(50)55)51-36-42(38-17-5-1-6-18-38)29-31-53(51)57(54-32-30-43(37-52(54)56)39-19-7-2-8-20-39)46-34-44(40-21-9-3-10-22-40)33-45(35-46)41-23-11-4-12-24-41/h1-37H. The molecule has 0 saturated carbocycles. The first kappa shape index (κ1) is 33.8. The van der Waals surface area contributed by atoms with Gasteiger partial charge in [-0.15, -0.1) is 0 Å². The molecule has 1 heterocycles. The zero-order valence-corrected chi connectivity index (χ0v) is 31.7. The van der Waals surface area contributed by atoms with E-state index < -0.39 is 5.41 Å². The van der Waals surface area contributed by atoms with Crippen molar-refractivity contribution in [1.82, 2.24) is 0 Å². The molecule has 0 saturated heterocycles. The lowest BCUT2D eigenvalue weighted by atomic mass is 9.57. The molecule has 0 unspecified atom stereocenters. The van der Waals surface area contributed by atoms with Gasteiger partial charge in [0.25, 0.3) is 0 Å². The van der Waals surface area contributed by atoms with Gasteiger partial charge >= 0.3 is 0 Å². The molecule has 1 spiro atoms. The van der Waals surface area contributed by atoms with Crippen molar-refractivity contribution < 1.29 is 4.79 Å². The number of nitrogens with zero attached hydrogens (tertiary/aromatic N) is 1. The van der Waals surface area contributed by atoms with Crippen molar-refractivity contribution in [2.75, 3.05) is 4.90 Å². The number of hydrogen-bond acceptors (Lipinski definition) is 2. The Morgan fingerprint density at radius 2 is 0.655 bits per heavy atom. The molecule has 1 aliphatic carbocycles. The Kier molecular flexibility index (Phi) is 7.91. The van der Waals surface area contributed by atoms with Crippen molar-refractivity contribution in [3.63, 3.8) is 0 Å². The van der Waals surface area contributed by atoms with E-state index in [2.05, 4.69) is 205 Å². The summed E-state index contributed by atoms with van der Waals surface area (Å²) < 4.78 is 0. The van der Waals surface area contributed by atoms with E-state index in [0.29, 0.717) is 0 Å². The second-order valence-corrected chi connectivity index (χ2v) is 15.2. The molecule has 0 N–H and O–H groups in total. The molecule has 9 aromatic rings. The van der Waals surface area contributed by atoms with Crippen LogP contribution in [0.3, 0.4) is 0 Å². The Labute approximate surface area is 339 Å². The van der Waals surface area contributed by atoms with Crippen LogP contribution in [0.2, 0.25) is 0 Å². The fourth-order valence-corrected chi connectivity index (χ4v) is 9.46. The molecule has 0 amide bonds. The number of hydrogen-bond donors (Lipinski definition) is 0. The predicted molar refractivity (Wildman–Crippen MR) is 238 cm³/mol. The smallest absolute Gasteiger partial charge is 0.193 e. The van der Waals surface area contributed by atoms with Gasteiger partial charge in [-0.2, -0.15) is 0 Å². The average Bonchev–Trinajstić information content (AvgIpc) is 3.31. The molecule has 0 atom stereocenters. The van der Waals surface area contributed by atoms with E-state index in [9.17, 15) is 4.79 Å². The van der Waals surface area contributed by atoms with Gasteiger partial charge in [0.15, 0.2) is 5.78 Å². The minimum absolute atomic E-state index is 0.0591. The molecule has 0 radical (unpaired) electrons. The fourth-order valence-electron chi connectivity index (χ4n) is 9.46. The van der Waals surface area contributed by atoms with Crippen LogP contribution in [0, 0.1) is 0 Å². The van der Waals surface area contributed by atoms with Gasteiger partial charge in [-0.1, -0.05) is 182 Å². The third kappa shape index (κ3) is 5.23. The summed E-state index contributed by atoms with van der Waals surface area (Å²) in [6.07, 6.45) is 0. The third-order valence-corrected chi connectivity index (χ3v) is 12.0. The van der Waals surface area contributed by atoms with Crippen molar-refractivity contribution in [2.45, 2.75) is 5.41 Å². The summed E-state index contributed by atoms with van der Waals surface area (Å²) in [6.45, 7) is 0. The van der Waals surface area contributed by atoms with Gasteiger partial charge in [0.1, 0.15) is 0 Å². The lowest BCUT2D eigenvalue weighted by Crippen LogP contribution is -2.42. The Morgan fingerprint density at radius 3 is 1.07 bits per heavy atom. The first-order valence-electron chi connectivity index (χ1n) is 19.9. The second-order valence-electron chi connectivity index (χ2n) is 15.2. The van der Waals surface area contributed by atoms with Crippen LogP contribution in [0.15, 0.2) is 224 Å². The number of carbonyl (C=O) groups is 1. The molecule has 272 valence electrons. The highest BCUT2D eigenvalue weighted by atomic mass is 16.1. The summed E-state index contributed by atoms with van der Waals surface area (Å²) >= 11 is 0. The van der Waals surface area contributed by atoms with Crippen LogP contribution in [-0.4, -0.2) is 5.78 Å². The Hall–Kier alpha value is -7.55. The van der Waals surface area contributed by atoms with Crippen LogP contribution < -0.4 is 4.90 Å². The highest BCUT2D eigenvalue weighted by molar-refractivity contribution is 6.15. The van der Waals surface area contributed by atoms with Crippen molar-refractivity contribution in [3.8, 4) is 44.5 Å². The predicted octanol–water partition coefficient (Wildman–Crippen LogP) is 14.1. The first-order valence-corrected chi connectivity index (χ1v) is 19.9. The van der Waals surface area contributed by atoms with E-state index in [1.807, 2.05) is 24.3 Å². The molecule has 11 rings (SSSR count). The van der Waals surface area contributed by atoms with Crippen molar-refractivity contribution in [2.24, 2.45) is 0 Å². The summed E-state index contributed by atoms with van der Waals surface area (Å²) in [4.78, 5) is 17.0. The summed E-state index contributed by atoms with van der Waals surface area (Å²) in [5.74, 6) is 0.0591. The number of carbonyl (C=O) groups excluding carboxylic acids is 1. The lowest BCUT2D eigenvalue weighted by molar-refractivity contribution is 0.103. The Morgan fingerprint density at radius 1 is 0.293 bits per heavy atom. The molecule has 1 aliphatic heterocycles. The van der Waals surface area contributed by atoms with Gasteiger partial charge in [0, 0.05) is 16.8 Å². The highest BCUT2D eigenvalue weighted by Crippen LogP contribution is 2.61. The molecular formula is C56H37NO. The largest absolute Gasteiger partial charge is 0.310 e. The van der Waals surface area contributed by atoms with Crippen LogP contribution >= 0.6 is 0 Å².